The summed E-state index contributed by atoms with van der Waals surface area (Å²) in [5, 5.41) is 0. The van der Waals surface area contributed by atoms with Crippen LogP contribution >= 0.6 is 0 Å². The summed E-state index contributed by atoms with van der Waals surface area (Å²) in [4.78, 5) is 35.7. The number of primary amides is 1. The summed E-state index contributed by atoms with van der Waals surface area (Å²) in [5.41, 5.74) is 6.25. The second-order valence-corrected chi connectivity index (χ2v) is 5.41. The van der Waals surface area contributed by atoms with E-state index in [9.17, 15) is 9.59 Å². The van der Waals surface area contributed by atoms with Crippen LogP contribution in [-0.4, -0.2) is 32.5 Å². The number of ether oxygens (including phenoxy) is 1. The number of imidazole rings is 1. The number of hydrogen-bond acceptors (Lipinski definition) is 6. The topological polar surface area (TPSA) is 129 Å². The van der Waals surface area contributed by atoms with E-state index in [1.165, 1.54) is 24.2 Å². The van der Waals surface area contributed by atoms with Gasteiger partial charge in [-0.3, -0.25) is 4.79 Å². The van der Waals surface area contributed by atoms with E-state index < -0.39 is 11.6 Å². The van der Waals surface area contributed by atoms with Crippen molar-refractivity contribution in [3.05, 3.63) is 59.0 Å². The van der Waals surface area contributed by atoms with E-state index in [1.54, 1.807) is 30.3 Å². The highest BCUT2D eigenvalue weighted by molar-refractivity contribution is 6.02. The van der Waals surface area contributed by atoms with Crippen LogP contribution in [0.25, 0.3) is 28.2 Å². The lowest BCUT2D eigenvalue weighted by molar-refractivity contribution is 0.0997. The molecule has 0 radical (unpaired) electrons. The van der Waals surface area contributed by atoms with Gasteiger partial charge in [-0.05, 0) is 18.2 Å². The molecule has 26 heavy (non-hydrogen) atoms. The van der Waals surface area contributed by atoms with Gasteiger partial charge in [0, 0.05) is 0 Å². The number of carbonyl (C=O) groups is 1. The van der Waals surface area contributed by atoms with Crippen LogP contribution in [0.15, 0.2) is 52.1 Å². The van der Waals surface area contributed by atoms with E-state index in [0.29, 0.717) is 17.0 Å². The molecule has 0 unspecified atom stereocenters. The summed E-state index contributed by atoms with van der Waals surface area (Å²) >= 11 is 0. The number of rotatable bonds is 4. The predicted molar refractivity (Wildman–Crippen MR) is 92.3 cm³/mol. The molecule has 0 aliphatic heterocycles. The van der Waals surface area contributed by atoms with Crippen LogP contribution in [-0.2, 0) is 0 Å². The minimum absolute atomic E-state index is 0.0862. The molecule has 4 aromatic rings. The predicted octanol–water partition coefficient (Wildman–Crippen LogP) is 1.48. The summed E-state index contributed by atoms with van der Waals surface area (Å²) in [6.45, 7) is 0. The van der Waals surface area contributed by atoms with Crippen molar-refractivity contribution in [1.29, 1.82) is 0 Å². The molecule has 0 atom stereocenters. The van der Waals surface area contributed by atoms with E-state index in [4.69, 9.17) is 14.9 Å². The number of nitrogens with one attached hydrogen (secondary N) is 1. The van der Waals surface area contributed by atoms with Gasteiger partial charge in [-0.25, -0.2) is 19.3 Å². The number of amides is 1. The Morgan fingerprint density at radius 2 is 2.08 bits per heavy atom. The molecule has 0 fully saturated rings. The Labute approximate surface area is 146 Å². The Balaban J connectivity index is 2.10. The van der Waals surface area contributed by atoms with Crippen molar-refractivity contribution >= 4 is 17.1 Å². The standard InChI is InChI=1S/C17H13N5O4/c1-25-11-5-3-2-4-10(11)22-16-13(20-17(22)24)12(14(18)23)19-15(21-16)9-6-7-26-8-9/h2-8H,1H3,(H2,18,23)(H,20,24). The SMILES string of the molecule is COc1ccccc1-n1c(=O)[nH]c2c(C(N)=O)nc(-c3ccoc3)nc21. The molecule has 0 saturated carbocycles. The lowest BCUT2D eigenvalue weighted by Gasteiger charge is -2.09. The van der Waals surface area contributed by atoms with Gasteiger partial charge in [0.25, 0.3) is 5.91 Å². The maximum Gasteiger partial charge on any atom is 0.332 e. The number of nitrogens with two attached hydrogens (primary N) is 1. The van der Waals surface area contributed by atoms with Gasteiger partial charge < -0.3 is 19.9 Å². The average Bonchev–Trinajstić information content (AvgIpc) is 3.27. The molecular formula is C17H13N5O4. The Kier molecular flexibility index (Phi) is 3.54. The molecule has 130 valence electrons. The van der Waals surface area contributed by atoms with Gasteiger partial charge >= 0.3 is 5.69 Å². The van der Waals surface area contributed by atoms with Crippen molar-refractivity contribution in [1.82, 2.24) is 19.5 Å². The smallest absolute Gasteiger partial charge is 0.332 e. The van der Waals surface area contributed by atoms with Crippen LogP contribution in [0, 0.1) is 0 Å². The molecule has 9 heteroatoms. The molecule has 3 aromatic heterocycles. The van der Waals surface area contributed by atoms with Crippen molar-refractivity contribution in [3.8, 4) is 22.8 Å². The fourth-order valence-electron chi connectivity index (χ4n) is 2.72. The van der Waals surface area contributed by atoms with E-state index in [-0.39, 0.29) is 22.7 Å². The molecule has 0 spiro atoms. The van der Waals surface area contributed by atoms with Crippen LogP contribution in [0.3, 0.4) is 0 Å². The Morgan fingerprint density at radius 3 is 2.77 bits per heavy atom. The molecule has 0 aliphatic carbocycles. The van der Waals surface area contributed by atoms with Crippen molar-refractivity contribution in [2.24, 2.45) is 5.73 Å². The fraction of sp³-hybridized carbons (Fsp3) is 0.0588. The minimum Gasteiger partial charge on any atom is -0.495 e. The van der Waals surface area contributed by atoms with Crippen LogP contribution in [0.4, 0.5) is 0 Å². The van der Waals surface area contributed by atoms with Gasteiger partial charge in [0.1, 0.15) is 17.5 Å². The number of fused-ring (bicyclic) bond motifs is 1. The molecule has 0 saturated heterocycles. The second kappa shape index (κ2) is 5.88. The van der Waals surface area contributed by atoms with E-state index in [1.807, 2.05) is 0 Å². The van der Waals surface area contributed by atoms with E-state index in [2.05, 4.69) is 15.0 Å². The lowest BCUT2D eigenvalue weighted by atomic mass is 10.2. The first-order valence-corrected chi connectivity index (χ1v) is 7.58. The Morgan fingerprint density at radius 1 is 1.27 bits per heavy atom. The minimum atomic E-state index is -0.782. The van der Waals surface area contributed by atoms with Gasteiger partial charge in [-0.15, -0.1) is 0 Å². The largest absolute Gasteiger partial charge is 0.495 e. The molecular weight excluding hydrogens is 338 g/mol. The van der Waals surface area contributed by atoms with Gasteiger partial charge in [0.2, 0.25) is 0 Å². The first kappa shape index (κ1) is 15.6. The molecule has 0 bridgehead atoms. The van der Waals surface area contributed by atoms with Gasteiger partial charge in [-0.1, -0.05) is 12.1 Å². The van der Waals surface area contributed by atoms with E-state index >= 15 is 0 Å². The maximum atomic E-state index is 12.6. The van der Waals surface area contributed by atoms with Crippen LogP contribution in [0.2, 0.25) is 0 Å². The first-order valence-electron chi connectivity index (χ1n) is 7.58. The zero-order chi connectivity index (χ0) is 18.3. The quantitative estimate of drug-likeness (QED) is 0.573. The second-order valence-electron chi connectivity index (χ2n) is 5.41. The molecule has 0 aliphatic rings. The van der Waals surface area contributed by atoms with Crippen LogP contribution in [0.1, 0.15) is 10.5 Å². The molecule has 3 N–H and O–H groups in total. The summed E-state index contributed by atoms with van der Waals surface area (Å²) in [5.74, 6) is -0.0992. The Bertz CT molecular complexity index is 1170. The van der Waals surface area contributed by atoms with Crippen molar-refractivity contribution < 1.29 is 13.9 Å². The van der Waals surface area contributed by atoms with Gasteiger partial charge in [0.15, 0.2) is 17.2 Å². The summed E-state index contributed by atoms with van der Waals surface area (Å²) in [6.07, 6.45) is 2.89. The number of H-pyrrole nitrogens is 1. The van der Waals surface area contributed by atoms with Crippen molar-refractivity contribution in [2.45, 2.75) is 0 Å². The first-order chi connectivity index (χ1) is 12.6. The molecule has 4 rings (SSSR count). The third kappa shape index (κ3) is 2.34. The summed E-state index contributed by atoms with van der Waals surface area (Å²) in [7, 11) is 1.50. The fourth-order valence-corrected chi connectivity index (χ4v) is 2.72. The highest BCUT2D eigenvalue weighted by atomic mass is 16.5. The Hall–Kier alpha value is -3.88. The number of aromatic amines is 1. The maximum absolute atomic E-state index is 12.6. The number of aromatic nitrogens is 4. The monoisotopic (exact) mass is 351 g/mol. The highest BCUT2D eigenvalue weighted by Crippen LogP contribution is 2.26. The zero-order valence-corrected chi connectivity index (χ0v) is 13.6. The number of benzene rings is 1. The van der Waals surface area contributed by atoms with Gasteiger partial charge in [0.05, 0.1) is 24.6 Å². The van der Waals surface area contributed by atoms with Crippen molar-refractivity contribution in [2.75, 3.05) is 7.11 Å². The number of para-hydroxylation sites is 2. The third-order valence-corrected chi connectivity index (χ3v) is 3.88. The molecule has 1 aromatic carbocycles. The molecule has 9 nitrogen and oxygen atoms in total. The number of carbonyl (C=O) groups excluding carboxylic acids is 1. The van der Waals surface area contributed by atoms with Crippen LogP contribution < -0.4 is 16.2 Å². The van der Waals surface area contributed by atoms with Crippen molar-refractivity contribution in [3.63, 3.8) is 0 Å². The molecule has 3 heterocycles. The average molecular weight is 351 g/mol. The highest BCUT2D eigenvalue weighted by Gasteiger charge is 2.21. The van der Waals surface area contributed by atoms with Crippen LogP contribution in [0.5, 0.6) is 5.75 Å². The third-order valence-electron chi connectivity index (χ3n) is 3.88. The number of hydrogen-bond donors (Lipinski definition) is 2. The lowest BCUT2D eigenvalue weighted by Crippen LogP contribution is -2.16. The number of methoxy groups -OCH3 is 1. The zero-order valence-electron chi connectivity index (χ0n) is 13.6. The van der Waals surface area contributed by atoms with Gasteiger partial charge in [-0.2, -0.15) is 0 Å². The van der Waals surface area contributed by atoms with E-state index in [0.717, 1.165) is 0 Å². The number of nitrogens with zero attached hydrogens (tertiary/aromatic N) is 3. The normalized spacial score (nSPS) is 11.0. The summed E-state index contributed by atoms with van der Waals surface area (Å²) < 4.78 is 11.7. The molecule has 1 amide bonds. The number of furan rings is 1. The summed E-state index contributed by atoms with van der Waals surface area (Å²) in [6, 6.07) is 8.61.